The van der Waals surface area contributed by atoms with Crippen LogP contribution in [0.25, 0.3) is 0 Å². The first-order chi connectivity index (χ1) is 9.54. The van der Waals surface area contributed by atoms with Crippen LogP contribution in [-0.2, 0) is 4.79 Å². The predicted molar refractivity (Wildman–Crippen MR) is 79.6 cm³/mol. The van der Waals surface area contributed by atoms with E-state index in [1.165, 1.54) is 30.1 Å². The molecule has 0 radical (unpaired) electrons. The number of carbonyl (C=O) groups is 1. The number of hydrogen-bond acceptors (Lipinski definition) is 3. The van der Waals surface area contributed by atoms with E-state index >= 15 is 0 Å². The molecule has 0 aliphatic heterocycles. The molecular formula is C14H12ClFN2OS. The van der Waals surface area contributed by atoms with Gasteiger partial charge in [-0.05, 0) is 43.3 Å². The Labute approximate surface area is 125 Å². The van der Waals surface area contributed by atoms with Gasteiger partial charge in [0.15, 0.2) is 0 Å². The van der Waals surface area contributed by atoms with Crippen molar-refractivity contribution in [1.29, 1.82) is 0 Å². The van der Waals surface area contributed by atoms with Gasteiger partial charge in [0.05, 0.1) is 10.3 Å². The largest absolute Gasteiger partial charge is 0.310 e. The van der Waals surface area contributed by atoms with E-state index in [1.54, 1.807) is 31.2 Å². The fourth-order valence-corrected chi connectivity index (χ4v) is 2.43. The lowest BCUT2D eigenvalue weighted by atomic mass is 10.3. The molecule has 0 saturated carbocycles. The van der Waals surface area contributed by atoms with E-state index in [9.17, 15) is 9.18 Å². The van der Waals surface area contributed by atoms with E-state index in [4.69, 9.17) is 11.6 Å². The Bertz CT molecular complexity index is 589. The molecule has 0 aliphatic carbocycles. The van der Waals surface area contributed by atoms with Crippen LogP contribution in [0.15, 0.2) is 47.5 Å². The lowest BCUT2D eigenvalue weighted by molar-refractivity contribution is -0.115. The Balaban J connectivity index is 1.94. The number of thioether (sulfide) groups is 1. The average molecular weight is 311 g/mol. The number of pyridine rings is 1. The molecule has 104 valence electrons. The fourth-order valence-electron chi connectivity index (χ4n) is 1.45. The summed E-state index contributed by atoms with van der Waals surface area (Å²) < 4.78 is 12.8. The van der Waals surface area contributed by atoms with Gasteiger partial charge >= 0.3 is 0 Å². The van der Waals surface area contributed by atoms with Crippen molar-refractivity contribution in [1.82, 2.24) is 4.98 Å². The summed E-state index contributed by atoms with van der Waals surface area (Å²) in [6, 6.07) is 9.31. The summed E-state index contributed by atoms with van der Waals surface area (Å²) in [5.41, 5.74) is 0. The van der Waals surface area contributed by atoms with Gasteiger partial charge in [-0.1, -0.05) is 11.6 Å². The van der Waals surface area contributed by atoms with Gasteiger partial charge in [-0.2, -0.15) is 0 Å². The molecule has 0 spiro atoms. The summed E-state index contributed by atoms with van der Waals surface area (Å²) in [4.78, 5) is 16.8. The summed E-state index contributed by atoms with van der Waals surface area (Å²) in [5.74, 6) is -0.0167. The summed E-state index contributed by atoms with van der Waals surface area (Å²) in [7, 11) is 0. The molecule has 0 bridgehead atoms. The number of hydrogen-bond donors (Lipinski definition) is 1. The first-order valence-corrected chi connectivity index (χ1v) is 7.15. The number of carbonyl (C=O) groups excluding carboxylic acids is 1. The van der Waals surface area contributed by atoms with Crippen molar-refractivity contribution in [3.8, 4) is 0 Å². The first kappa shape index (κ1) is 14.8. The molecule has 1 N–H and O–H groups in total. The Morgan fingerprint density at radius 1 is 1.30 bits per heavy atom. The minimum absolute atomic E-state index is 0.172. The van der Waals surface area contributed by atoms with Crippen LogP contribution < -0.4 is 5.32 Å². The van der Waals surface area contributed by atoms with E-state index in [0.717, 1.165) is 4.90 Å². The molecule has 0 aliphatic rings. The normalized spacial score (nSPS) is 11.9. The molecular weight excluding hydrogens is 299 g/mol. The second-order valence-corrected chi connectivity index (χ2v) is 5.92. The van der Waals surface area contributed by atoms with E-state index < -0.39 is 0 Å². The zero-order valence-electron chi connectivity index (χ0n) is 10.6. The van der Waals surface area contributed by atoms with Crippen LogP contribution in [-0.4, -0.2) is 16.1 Å². The predicted octanol–water partition coefficient (Wildman–Crippen LogP) is 3.99. The third kappa shape index (κ3) is 4.21. The van der Waals surface area contributed by atoms with E-state index in [0.29, 0.717) is 10.8 Å². The maximum atomic E-state index is 12.8. The van der Waals surface area contributed by atoms with Crippen molar-refractivity contribution in [2.24, 2.45) is 0 Å². The summed E-state index contributed by atoms with van der Waals surface area (Å²) in [5, 5.41) is 2.89. The number of nitrogens with zero attached hydrogens (tertiary/aromatic N) is 1. The highest BCUT2D eigenvalue weighted by Gasteiger charge is 2.15. The monoisotopic (exact) mass is 310 g/mol. The number of aromatic nitrogens is 1. The van der Waals surface area contributed by atoms with Crippen molar-refractivity contribution in [3.63, 3.8) is 0 Å². The van der Waals surface area contributed by atoms with Crippen molar-refractivity contribution >= 4 is 35.1 Å². The molecule has 2 rings (SSSR count). The lowest BCUT2D eigenvalue weighted by Gasteiger charge is -2.11. The standard InChI is InChI=1S/C14H12ClFN2OS/c1-9(20-12-5-3-11(16)4-6-12)14(19)18-13-7-2-10(15)8-17-13/h2-9H,1H3,(H,17,18,19)/t9-/m1/s1. The van der Waals surface area contributed by atoms with Gasteiger partial charge in [0.25, 0.3) is 0 Å². The zero-order valence-corrected chi connectivity index (χ0v) is 12.2. The summed E-state index contributed by atoms with van der Waals surface area (Å²) in [6.07, 6.45) is 1.47. The molecule has 1 heterocycles. The highest BCUT2D eigenvalue weighted by molar-refractivity contribution is 8.00. The molecule has 6 heteroatoms. The van der Waals surface area contributed by atoms with Gasteiger partial charge in [-0.15, -0.1) is 11.8 Å². The molecule has 0 saturated heterocycles. The van der Waals surface area contributed by atoms with Gasteiger partial charge in [-0.25, -0.2) is 9.37 Å². The SMILES string of the molecule is C[C@@H](Sc1ccc(F)cc1)C(=O)Nc1ccc(Cl)cn1. The number of rotatable bonds is 4. The third-order valence-corrected chi connectivity index (χ3v) is 3.81. The minimum atomic E-state index is -0.321. The number of halogens is 2. The Morgan fingerprint density at radius 3 is 2.60 bits per heavy atom. The second-order valence-electron chi connectivity index (χ2n) is 4.06. The molecule has 0 fully saturated rings. The molecule has 2 aromatic rings. The highest BCUT2D eigenvalue weighted by Crippen LogP contribution is 2.24. The van der Waals surface area contributed by atoms with Crippen LogP contribution in [0.3, 0.4) is 0 Å². The van der Waals surface area contributed by atoms with Crippen molar-refractivity contribution in [3.05, 3.63) is 53.4 Å². The van der Waals surface area contributed by atoms with Gasteiger partial charge < -0.3 is 5.32 Å². The molecule has 1 atom stereocenters. The lowest BCUT2D eigenvalue weighted by Crippen LogP contribution is -2.22. The Kier molecular flexibility index (Phi) is 4.98. The van der Waals surface area contributed by atoms with Crippen LogP contribution in [0.4, 0.5) is 10.2 Å². The Morgan fingerprint density at radius 2 is 2.00 bits per heavy atom. The van der Waals surface area contributed by atoms with Crippen LogP contribution in [0.2, 0.25) is 5.02 Å². The quantitative estimate of drug-likeness (QED) is 0.868. The highest BCUT2D eigenvalue weighted by atomic mass is 35.5. The second kappa shape index (κ2) is 6.72. The minimum Gasteiger partial charge on any atom is -0.310 e. The molecule has 1 aromatic heterocycles. The van der Waals surface area contributed by atoms with E-state index in [-0.39, 0.29) is 17.0 Å². The van der Waals surface area contributed by atoms with Crippen LogP contribution in [0.5, 0.6) is 0 Å². The topological polar surface area (TPSA) is 42.0 Å². The van der Waals surface area contributed by atoms with Gasteiger partial charge in [-0.3, -0.25) is 4.79 Å². The molecule has 20 heavy (non-hydrogen) atoms. The van der Waals surface area contributed by atoms with Gasteiger partial charge in [0.1, 0.15) is 11.6 Å². The van der Waals surface area contributed by atoms with Gasteiger partial charge in [0, 0.05) is 11.1 Å². The van der Waals surface area contributed by atoms with Crippen molar-refractivity contribution < 1.29 is 9.18 Å². The molecule has 0 unspecified atom stereocenters. The third-order valence-electron chi connectivity index (χ3n) is 2.47. The Hall–Kier alpha value is -1.59. The van der Waals surface area contributed by atoms with Crippen LogP contribution >= 0.6 is 23.4 Å². The fraction of sp³-hybridized carbons (Fsp3) is 0.143. The van der Waals surface area contributed by atoms with E-state index in [1.807, 2.05) is 0 Å². The smallest absolute Gasteiger partial charge is 0.238 e. The number of amides is 1. The summed E-state index contributed by atoms with van der Waals surface area (Å²) >= 11 is 7.07. The van der Waals surface area contributed by atoms with Crippen molar-refractivity contribution in [2.45, 2.75) is 17.1 Å². The zero-order chi connectivity index (χ0) is 14.5. The van der Waals surface area contributed by atoms with Crippen LogP contribution in [0, 0.1) is 5.82 Å². The maximum absolute atomic E-state index is 12.8. The van der Waals surface area contributed by atoms with Crippen molar-refractivity contribution in [2.75, 3.05) is 5.32 Å². The first-order valence-electron chi connectivity index (χ1n) is 5.89. The molecule has 1 amide bonds. The maximum Gasteiger partial charge on any atom is 0.238 e. The van der Waals surface area contributed by atoms with Crippen LogP contribution in [0.1, 0.15) is 6.92 Å². The summed E-state index contributed by atoms with van der Waals surface area (Å²) in [6.45, 7) is 1.78. The average Bonchev–Trinajstić information content (AvgIpc) is 2.44. The molecule has 1 aromatic carbocycles. The van der Waals surface area contributed by atoms with E-state index in [2.05, 4.69) is 10.3 Å². The number of benzene rings is 1. The van der Waals surface area contributed by atoms with Gasteiger partial charge in [0.2, 0.25) is 5.91 Å². The molecule has 3 nitrogen and oxygen atoms in total. The number of nitrogens with one attached hydrogen (secondary N) is 1. The number of anilines is 1.